The van der Waals surface area contributed by atoms with E-state index in [2.05, 4.69) is 4.98 Å². The number of anilines is 1. The van der Waals surface area contributed by atoms with Crippen molar-refractivity contribution in [2.24, 2.45) is 0 Å². The molecule has 0 spiro atoms. The van der Waals surface area contributed by atoms with Crippen LogP contribution in [-0.2, 0) is 4.79 Å². The number of carbonyl (C=O) groups is 1. The highest BCUT2D eigenvalue weighted by Gasteiger charge is 2.28. The van der Waals surface area contributed by atoms with E-state index in [4.69, 9.17) is 23.2 Å². The lowest BCUT2D eigenvalue weighted by Gasteiger charge is -2.31. The predicted molar refractivity (Wildman–Crippen MR) is 73.9 cm³/mol. The molecule has 1 fully saturated rings. The fourth-order valence-electron chi connectivity index (χ4n) is 2.02. The van der Waals surface area contributed by atoms with Gasteiger partial charge in [-0.05, 0) is 0 Å². The van der Waals surface area contributed by atoms with Crippen molar-refractivity contribution in [3.05, 3.63) is 28.4 Å². The highest BCUT2D eigenvalue weighted by molar-refractivity contribution is 6.53. The van der Waals surface area contributed by atoms with Crippen molar-refractivity contribution < 1.29 is 14.7 Å². The number of aromatic amines is 1. The van der Waals surface area contributed by atoms with E-state index >= 15 is 0 Å². The summed E-state index contributed by atoms with van der Waals surface area (Å²) in [5.41, 5.74) is 0.00897. The Balaban J connectivity index is 1.97. The third-order valence-electron chi connectivity index (χ3n) is 3.11. The van der Waals surface area contributed by atoms with E-state index in [0.717, 1.165) is 5.82 Å². The van der Waals surface area contributed by atoms with Gasteiger partial charge in [-0.1, -0.05) is 23.2 Å². The van der Waals surface area contributed by atoms with Gasteiger partial charge in [0.1, 0.15) is 13.1 Å². The van der Waals surface area contributed by atoms with Crippen LogP contribution in [-0.4, -0.2) is 46.7 Å². The molecule has 1 aromatic heterocycles. The fourth-order valence-corrected chi connectivity index (χ4v) is 2.30. The second kappa shape index (κ2) is 6.23. The molecule has 1 N–H and O–H groups in total. The Morgan fingerprint density at radius 3 is 2.40 bits per heavy atom. The summed E-state index contributed by atoms with van der Waals surface area (Å²) >= 11 is 11.1. The summed E-state index contributed by atoms with van der Waals surface area (Å²) in [5, 5.41) is 10.6. The fraction of sp³-hybridized carbons (Fsp3) is 0.455. The summed E-state index contributed by atoms with van der Waals surface area (Å²) in [7, 11) is 0. The second-order valence-electron chi connectivity index (χ2n) is 4.30. The van der Waals surface area contributed by atoms with Crippen molar-refractivity contribution in [1.82, 2.24) is 4.90 Å². The van der Waals surface area contributed by atoms with Gasteiger partial charge in [-0.25, -0.2) is 4.98 Å². The van der Waals surface area contributed by atoms with Gasteiger partial charge in [-0.3, -0.25) is 19.8 Å². The quantitative estimate of drug-likeness (QED) is 0.470. The maximum Gasteiger partial charge on any atom is 0.308 e. The number of aromatic nitrogens is 1. The SMILES string of the molecule is O=C(C(Cl)Cl)N1CCN(c2ccc([N+](=O)[O-])c[nH+]2)CC1. The number of hydrogen-bond donors (Lipinski definition) is 0. The highest BCUT2D eigenvalue weighted by Crippen LogP contribution is 2.15. The maximum atomic E-state index is 11.6. The molecule has 7 nitrogen and oxygen atoms in total. The topological polar surface area (TPSA) is 80.8 Å². The van der Waals surface area contributed by atoms with Gasteiger partial charge < -0.3 is 4.90 Å². The zero-order chi connectivity index (χ0) is 14.7. The molecule has 1 aliphatic heterocycles. The first-order valence-electron chi connectivity index (χ1n) is 5.97. The highest BCUT2D eigenvalue weighted by atomic mass is 35.5. The molecule has 0 aromatic carbocycles. The molecule has 0 saturated carbocycles. The molecule has 2 rings (SSSR count). The number of halogens is 2. The number of piperazine rings is 1. The average Bonchev–Trinajstić information content (AvgIpc) is 2.46. The Kier molecular flexibility index (Phi) is 4.61. The first-order valence-corrected chi connectivity index (χ1v) is 6.84. The van der Waals surface area contributed by atoms with Crippen LogP contribution in [0.5, 0.6) is 0 Å². The summed E-state index contributed by atoms with van der Waals surface area (Å²) in [6.45, 7) is 2.25. The number of rotatable bonds is 3. The van der Waals surface area contributed by atoms with Crippen LogP contribution in [0.3, 0.4) is 0 Å². The molecular weight excluding hydrogens is 307 g/mol. The number of nitrogens with zero attached hydrogens (tertiary/aromatic N) is 3. The van der Waals surface area contributed by atoms with Crippen LogP contribution in [0.25, 0.3) is 0 Å². The van der Waals surface area contributed by atoms with Crippen molar-refractivity contribution in [3.63, 3.8) is 0 Å². The molecule has 20 heavy (non-hydrogen) atoms. The van der Waals surface area contributed by atoms with Crippen molar-refractivity contribution in [2.45, 2.75) is 4.84 Å². The molecule has 1 aromatic rings. The second-order valence-corrected chi connectivity index (χ2v) is 5.40. The van der Waals surface area contributed by atoms with Crippen molar-refractivity contribution in [2.75, 3.05) is 31.1 Å². The number of nitro groups is 1. The first kappa shape index (κ1) is 14.8. The lowest BCUT2D eigenvalue weighted by atomic mass is 10.3. The van der Waals surface area contributed by atoms with Crippen LogP contribution >= 0.6 is 23.2 Å². The van der Waals surface area contributed by atoms with Crippen LogP contribution in [0, 0.1) is 10.1 Å². The summed E-state index contributed by atoms with van der Waals surface area (Å²) in [6.07, 6.45) is 1.35. The van der Waals surface area contributed by atoms with E-state index in [-0.39, 0.29) is 11.6 Å². The van der Waals surface area contributed by atoms with E-state index in [1.807, 2.05) is 4.90 Å². The average molecular weight is 320 g/mol. The number of nitrogens with one attached hydrogen (secondary N) is 1. The van der Waals surface area contributed by atoms with Gasteiger partial charge in [0.15, 0.2) is 11.0 Å². The number of amides is 1. The molecule has 0 radical (unpaired) electrons. The normalized spacial score (nSPS) is 15.6. The molecule has 1 aliphatic rings. The van der Waals surface area contributed by atoms with Gasteiger partial charge >= 0.3 is 5.69 Å². The van der Waals surface area contributed by atoms with Crippen LogP contribution < -0.4 is 9.88 Å². The zero-order valence-electron chi connectivity index (χ0n) is 10.5. The predicted octanol–water partition coefficient (Wildman–Crippen LogP) is 0.861. The molecular formula is C11H13Cl2N4O3+. The Morgan fingerprint density at radius 2 is 1.95 bits per heavy atom. The van der Waals surface area contributed by atoms with E-state index < -0.39 is 9.76 Å². The molecule has 2 heterocycles. The Hall–Kier alpha value is -1.60. The van der Waals surface area contributed by atoms with Crippen LogP contribution in [0.15, 0.2) is 18.3 Å². The number of carbonyl (C=O) groups excluding carboxylic acids is 1. The van der Waals surface area contributed by atoms with Crippen LogP contribution in [0.4, 0.5) is 11.5 Å². The van der Waals surface area contributed by atoms with Crippen LogP contribution in [0.1, 0.15) is 0 Å². The maximum absolute atomic E-state index is 11.6. The van der Waals surface area contributed by atoms with E-state index in [0.29, 0.717) is 26.2 Å². The molecule has 0 unspecified atom stereocenters. The van der Waals surface area contributed by atoms with E-state index in [1.54, 1.807) is 11.0 Å². The Morgan fingerprint density at radius 1 is 1.30 bits per heavy atom. The van der Waals surface area contributed by atoms with Gasteiger partial charge in [0.25, 0.3) is 11.7 Å². The number of hydrogen-bond acceptors (Lipinski definition) is 4. The minimum atomic E-state index is -1.03. The molecule has 0 atom stereocenters. The van der Waals surface area contributed by atoms with Gasteiger partial charge in [-0.2, -0.15) is 0 Å². The van der Waals surface area contributed by atoms with Crippen molar-refractivity contribution in [1.29, 1.82) is 0 Å². The Bertz CT molecular complexity index is 501. The monoisotopic (exact) mass is 319 g/mol. The third-order valence-corrected chi connectivity index (χ3v) is 3.48. The minimum absolute atomic E-state index is 0.00897. The van der Waals surface area contributed by atoms with Gasteiger partial charge in [0, 0.05) is 12.1 Å². The molecule has 1 amide bonds. The molecule has 0 aliphatic carbocycles. The summed E-state index contributed by atoms with van der Waals surface area (Å²) in [4.78, 5) is 27.2. The van der Waals surface area contributed by atoms with E-state index in [9.17, 15) is 14.9 Å². The number of pyridine rings is 1. The van der Waals surface area contributed by atoms with E-state index in [1.165, 1.54) is 12.3 Å². The standard InChI is InChI=1S/C11H12Cl2N4O3/c12-10(13)11(18)16-5-3-15(4-6-16)9-2-1-8(7-14-9)17(19)20/h1-2,7,10H,3-6H2/p+1. The van der Waals surface area contributed by atoms with Crippen molar-refractivity contribution >= 4 is 40.6 Å². The third kappa shape index (κ3) is 3.29. The van der Waals surface area contributed by atoms with Crippen molar-refractivity contribution in [3.8, 4) is 0 Å². The molecule has 0 bridgehead atoms. The lowest BCUT2D eigenvalue weighted by Crippen LogP contribution is -2.51. The summed E-state index contributed by atoms with van der Waals surface area (Å²) in [5.74, 6) is 0.483. The van der Waals surface area contributed by atoms with Crippen LogP contribution in [0.2, 0.25) is 0 Å². The minimum Gasteiger partial charge on any atom is -0.332 e. The largest absolute Gasteiger partial charge is 0.332 e. The summed E-state index contributed by atoms with van der Waals surface area (Å²) in [6, 6.07) is 3.10. The lowest BCUT2D eigenvalue weighted by molar-refractivity contribution is -0.414. The zero-order valence-corrected chi connectivity index (χ0v) is 12.0. The first-order chi connectivity index (χ1) is 9.49. The molecule has 1 saturated heterocycles. The molecule has 9 heteroatoms. The molecule has 108 valence electrons. The van der Waals surface area contributed by atoms with Gasteiger partial charge in [0.05, 0.1) is 18.0 Å². The summed E-state index contributed by atoms with van der Waals surface area (Å²) < 4.78 is 0. The van der Waals surface area contributed by atoms with Gasteiger partial charge in [-0.15, -0.1) is 0 Å². The Labute approximate surface area is 125 Å². The van der Waals surface area contributed by atoms with Gasteiger partial charge in [0.2, 0.25) is 0 Å². The number of H-pyrrole nitrogens is 1. The number of alkyl halides is 2. The smallest absolute Gasteiger partial charge is 0.308 e.